The predicted octanol–water partition coefficient (Wildman–Crippen LogP) is 4.63. The van der Waals surface area contributed by atoms with Crippen molar-refractivity contribution in [1.82, 2.24) is 5.32 Å². The van der Waals surface area contributed by atoms with Gasteiger partial charge in [-0.25, -0.2) is 0 Å². The molecule has 0 bridgehead atoms. The molecule has 0 aliphatic rings. The summed E-state index contributed by atoms with van der Waals surface area (Å²) < 4.78 is 5.44. The summed E-state index contributed by atoms with van der Waals surface area (Å²) in [6.45, 7) is 9.62. The van der Waals surface area contributed by atoms with Gasteiger partial charge in [-0.3, -0.25) is 0 Å². The summed E-state index contributed by atoms with van der Waals surface area (Å²) >= 11 is 1.85. The van der Waals surface area contributed by atoms with Crippen LogP contribution in [-0.4, -0.2) is 13.7 Å². The van der Waals surface area contributed by atoms with E-state index < -0.39 is 0 Å². The second-order valence-corrected chi connectivity index (χ2v) is 6.28. The Bertz CT molecular complexity index is 603. The summed E-state index contributed by atoms with van der Waals surface area (Å²) in [6.07, 6.45) is 1.08. The predicted molar refractivity (Wildman–Crippen MR) is 91.7 cm³/mol. The molecule has 0 radical (unpaired) electrons. The van der Waals surface area contributed by atoms with Gasteiger partial charge in [-0.15, -0.1) is 11.3 Å². The Morgan fingerprint density at radius 3 is 2.57 bits per heavy atom. The van der Waals surface area contributed by atoms with Gasteiger partial charge >= 0.3 is 0 Å². The van der Waals surface area contributed by atoms with Crippen molar-refractivity contribution < 1.29 is 4.74 Å². The fourth-order valence-electron chi connectivity index (χ4n) is 2.78. The topological polar surface area (TPSA) is 21.3 Å². The molecule has 1 aromatic carbocycles. The molecule has 0 aliphatic heterocycles. The molecule has 0 saturated carbocycles. The van der Waals surface area contributed by atoms with Gasteiger partial charge in [0.25, 0.3) is 0 Å². The molecule has 1 N–H and O–H groups in total. The zero-order valence-electron chi connectivity index (χ0n) is 13.6. The maximum atomic E-state index is 5.44. The van der Waals surface area contributed by atoms with Crippen LogP contribution in [0.3, 0.4) is 0 Å². The fourth-order valence-corrected chi connectivity index (χ4v) is 3.87. The normalized spacial score (nSPS) is 12.4. The zero-order valence-corrected chi connectivity index (χ0v) is 14.4. The molecule has 3 heteroatoms. The van der Waals surface area contributed by atoms with Crippen LogP contribution in [0.4, 0.5) is 0 Å². The second-order valence-electron chi connectivity index (χ2n) is 5.33. The number of rotatable bonds is 6. The van der Waals surface area contributed by atoms with Crippen LogP contribution in [0.1, 0.15) is 47.0 Å². The van der Waals surface area contributed by atoms with E-state index in [1.54, 1.807) is 7.11 Å². The number of ether oxygens (including phenoxy) is 1. The molecule has 0 amide bonds. The van der Waals surface area contributed by atoms with Gasteiger partial charge in [0.1, 0.15) is 5.75 Å². The average Bonchev–Trinajstić information content (AvgIpc) is 2.95. The summed E-state index contributed by atoms with van der Waals surface area (Å²) in [6, 6.07) is 6.93. The Balaban J connectivity index is 2.50. The van der Waals surface area contributed by atoms with E-state index in [-0.39, 0.29) is 6.04 Å². The van der Waals surface area contributed by atoms with E-state index in [1.165, 1.54) is 27.1 Å². The standard InChI is InChI=1S/C18H25NOS/c1-6-14-8-9-21-18(14)17(19-7-2)15-10-13(4)16(20-5)11-12(15)3/h8-11,17,19H,6-7H2,1-5H3. The smallest absolute Gasteiger partial charge is 0.122 e. The molecule has 0 spiro atoms. The Hall–Kier alpha value is -1.32. The monoisotopic (exact) mass is 303 g/mol. The lowest BCUT2D eigenvalue weighted by Gasteiger charge is -2.22. The molecule has 1 heterocycles. The number of thiophene rings is 1. The minimum Gasteiger partial charge on any atom is -0.496 e. The van der Waals surface area contributed by atoms with E-state index in [9.17, 15) is 0 Å². The van der Waals surface area contributed by atoms with Gasteiger partial charge in [0.05, 0.1) is 13.2 Å². The van der Waals surface area contributed by atoms with Crippen LogP contribution in [0.25, 0.3) is 0 Å². The first-order valence-electron chi connectivity index (χ1n) is 7.57. The number of aryl methyl sites for hydroxylation is 3. The van der Waals surface area contributed by atoms with Crippen molar-refractivity contribution in [2.75, 3.05) is 13.7 Å². The fraction of sp³-hybridized carbons (Fsp3) is 0.444. The van der Waals surface area contributed by atoms with Crippen molar-refractivity contribution in [1.29, 1.82) is 0 Å². The minimum atomic E-state index is 0.273. The highest BCUT2D eigenvalue weighted by atomic mass is 32.1. The SMILES string of the molecule is CCNC(c1cc(C)c(OC)cc1C)c1sccc1CC. The molecule has 0 saturated heterocycles. The van der Waals surface area contributed by atoms with E-state index in [0.717, 1.165) is 18.7 Å². The van der Waals surface area contributed by atoms with E-state index in [0.29, 0.717) is 0 Å². The maximum Gasteiger partial charge on any atom is 0.122 e. The Labute approximate surface area is 132 Å². The van der Waals surface area contributed by atoms with Crippen molar-refractivity contribution in [3.05, 3.63) is 50.7 Å². The number of nitrogens with one attached hydrogen (secondary N) is 1. The second kappa shape index (κ2) is 7.10. The maximum absolute atomic E-state index is 5.44. The molecular formula is C18H25NOS. The molecule has 21 heavy (non-hydrogen) atoms. The Kier molecular flexibility index (Phi) is 5.43. The molecule has 2 nitrogen and oxygen atoms in total. The van der Waals surface area contributed by atoms with Crippen LogP contribution in [-0.2, 0) is 6.42 Å². The number of methoxy groups -OCH3 is 1. The summed E-state index contributed by atoms with van der Waals surface area (Å²) in [5, 5.41) is 5.85. The van der Waals surface area contributed by atoms with E-state index >= 15 is 0 Å². The van der Waals surface area contributed by atoms with Gasteiger partial charge in [-0.05, 0) is 66.6 Å². The highest BCUT2D eigenvalue weighted by Crippen LogP contribution is 2.34. The Morgan fingerprint density at radius 1 is 1.19 bits per heavy atom. The van der Waals surface area contributed by atoms with Gasteiger partial charge in [0, 0.05) is 4.88 Å². The molecule has 0 aliphatic carbocycles. The molecule has 1 unspecified atom stereocenters. The van der Waals surface area contributed by atoms with Crippen LogP contribution in [0.2, 0.25) is 0 Å². The lowest BCUT2D eigenvalue weighted by molar-refractivity contribution is 0.411. The highest BCUT2D eigenvalue weighted by Gasteiger charge is 2.20. The molecule has 1 aromatic heterocycles. The number of hydrogen-bond donors (Lipinski definition) is 1. The molecule has 0 fully saturated rings. The summed E-state index contributed by atoms with van der Waals surface area (Å²) in [5.41, 5.74) is 5.26. The van der Waals surface area contributed by atoms with Crippen LogP contribution < -0.4 is 10.1 Å². The van der Waals surface area contributed by atoms with E-state index in [1.807, 2.05) is 11.3 Å². The van der Waals surface area contributed by atoms with Crippen molar-refractivity contribution >= 4 is 11.3 Å². The lowest BCUT2D eigenvalue weighted by atomic mass is 9.95. The summed E-state index contributed by atoms with van der Waals surface area (Å²) in [5.74, 6) is 0.966. The van der Waals surface area contributed by atoms with Crippen molar-refractivity contribution in [2.24, 2.45) is 0 Å². The first-order chi connectivity index (χ1) is 10.1. The van der Waals surface area contributed by atoms with E-state index in [2.05, 4.69) is 56.6 Å². The van der Waals surface area contributed by atoms with Gasteiger partial charge in [0.15, 0.2) is 0 Å². The quantitative estimate of drug-likeness (QED) is 0.839. The van der Waals surface area contributed by atoms with E-state index in [4.69, 9.17) is 4.74 Å². The minimum absolute atomic E-state index is 0.273. The molecule has 1 atom stereocenters. The first kappa shape index (κ1) is 16.1. The third kappa shape index (κ3) is 3.30. The average molecular weight is 303 g/mol. The van der Waals surface area contributed by atoms with Crippen LogP contribution in [0.15, 0.2) is 23.6 Å². The molecular weight excluding hydrogens is 278 g/mol. The van der Waals surface area contributed by atoms with Crippen LogP contribution >= 0.6 is 11.3 Å². The third-order valence-corrected chi connectivity index (χ3v) is 4.95. The van der Waals surface area contributed by atoms with Gasteiger partial charge in [-0.1, -0.05) is 19.9 Å². The van der Waals surface area contributed by atoms with Crippen LogP contribution in [0, 0.1) is 13.8 Å². The Morgan fingerprint density at radius 2 is 1.95 bits per heavy atom. The summed E-state index contributed by atoms with van der Waals surface area (Å²) in [7, 11) is 1.73. The van der Waals surface area contributed by atoms with Gasteiger partial charge in [-0.2, -0.15) is 0 Å². The molecule has 2 aromatic rings. The molecule has 114 valence electrons. The van der Waals surface area contributed by atoms with Gasteiger partial charge in [0.2, 0.25) is 0 Å². The van der Waals surface area contributed by atoms with Crippen molar-refractivity contribution in [3.8, 4) is 5.75 Å². The van der Waals surface area contributed by atoms with Crippen LogP contribution in [0.5, 0.6) is 5.75 Å². The number of hydrogen-bond acceptors (Lipinski definition) is 3. The zero-order chi connectivity index (χ0) is 15.4. The van der Waals surface area contributed by atoms with Gasteiger partial charge < -0.3 is 10.1 Å². The third-order valence-electron chi connectivity index (χ3n) is 3.93. The van der Waals surface area contributed by atoms with Crippen molar-refractivity contribution in [3.63, 3.8) is 0 Å². The van der Waals surface area contributed by atoms with Crippen molar-refractivity contribution in [2.45, 2.75) is 40.2 Å². The number of benzene rings is 1. The molecule has 2 rings (SSSR count). The summed E-state index contributed by atoms with van der Waals surface area (Å²) in [4.78, 5) is 1.44. The first-order valence-corrected chi connectivity index (χ1v) is 8.45. The highest BCUT2D eigenvalue weighted by molar-refractivity contribution is 7.10. The largest absolute Gasteiger partial charge is 0.496 e. The lowest BCUT2D eigenvalue weighted by Crippen LogP contribution is -2.23.